The second-order valence-corrected chi connectivity index (χ2v) is 4.95. The smallest absolute Gasteiger partial charge is 0.254 e. The first-order chi connectivity index (χ1) is 7.83. The summed E-state index contributed by atoms with van der Waals surface area (Å²) in [5.74, 6) is 0.154. The molecule has 88 valence electrons. The average molecular weight is 239 g/mol. The van der Waals surface area contributed by atoms with Crippen LogP contribution in [0.3, 0.4) is 0 Å². The van der Waals surface area contributed by atoms with Crippen LogP contribution in [-0.2, 0) is 0 Å². The Bertz CT molecular complexity index is 337. The Hall–Kier alpha value is -0.870. The van der Waals surface area contributed by atoms with Crippen LogP contribution in [-0.4, -0.2) is 35.1 Å². The Balaban J connectivity index is 1.99. The van der Waals surface area contributed by atoms with Crippen molar-refractivity contribution in [2.45, 2.75) is 31.7 Å². The van der Waals surface area contributed by atoms with Crippen molar-refractivity contribution >= 4 is 17.2 Å². The topological polar surface area (TPSA) is 40.5 Å². The van der Waals surface area contributed by atoms with Crippen molar-refractivity contribution in [1.82, 2.24) is 4.90 Å². The minimum atomic E-state index is 0.154. The minimum Gasteiger partial charge on any atom is -0.396 e. The van der Waals surface area contributed by atoms with Crippen molar-refractivity contribution in [3.8, 4) is 0 Å². The van der Waals surface area contributed by atoms with Gasteiger partial charge in [0.25, 0.3) is 5.91 Å². The van der Waals surface area contributed by atoms with Gasteiger partial charge in [-0.1, -0.05) is 0 Å². The normalized spacial score (nSPS) is 20.3. The maximum Gasteiger partial charge on any atom is 0.254 e. The molecule has 1 saturated heterocycles. The summed E-state index contributed by atoms with van der Waals surface area (Å²) in [6, 6.07) is 2.22. The fourth-order valence-electron chi connectivity index (χ4n) is 2.28. The van der Waals surface area contributed by atoms with Crippen LogP contribution in [0.1, 0.15) is 36.0 Å². The number of thiophene rings is 1. The number of nitrogens with zero attached hydrogens (tertiary/aromatic N) is 1. The monoisotopic (exact) mass is 239 g/mol. The van der Waals surface area contributed by atoms with Crippen LogP contribution >= 0.6 is 11.3 Å². The number of hydrogen-bond acceptors (Lipinski definition) is 3. The third-order valence-electron chi connectivity index (χ3n) is 3.10. The Morgan fingerprint density at radius 1 is 1.62 bits per heavy atom. The summed E-state index contributed by atoms with van der Waals surface area (Å²) in [7, 11) is 0. The average Bonchev–Trinajstić information content (AvgIpc) is 2.96. The van der Waals surface area contributed by atoms with Gasteiger partial charge in [-0.2, -0.15) is 11.3 Å². The van der Waals surface area contributed by atoms with Crippen molar-refractivity contribution in [2.24, 2.45) is 0 Å². The van der Waals surface area contributed by atoms with Crippen molar-refractivity contribution < 1.29 is 9.90 Å². The van der Waals surface area contributed by atoms with Crippen LogP contribution in [0.15, 0.2) is 16.8 Å². The van der Waals surface area contributed by atoms with Crippen LogP contribution in [0.5, 0.6) is 0 Å². The zero-order valence-corrected chi connectivity index (χ0v) is 10.1. The summed E-state index contributed by atoms with van der Waals surface area (Å²) in [6.45, 7) is 1.09. The van der Waals surface area contributed by atoms with Crippen molar-refractivity contribution in [3.63, 3.8) is 0 Å². The summed E-state index contributed by atoms with van der Waals surface area (Å²) < 4.78 is 0. The number of rotatable bonds is 4. The van der Waals surface area contributed by atoms with Crippen molar-refractivity contribution in [2.75, 3.05) is 13.2 Å². The molecule has 1 aliphatic rings. The van der Waals surface area contributed by atoms with E-state index in [1.54, 1.807) is 11.3 Å². The number of carbonyl (C=O) groups is 1. The van der Waals surface area contributed by atoms with Gasteiger partial charge in [0.1, 0.15) is 0 Å². The van der Waals surface area contributed by atoms with E-state index >= 15 is 0 Å². The molecule has 3 nitrogen and oxygen atoms in total. The first-order valence-electron chi connectivity index (χ1n) is 5.77. The lowest BCUT2D eigenvalue weighted by Gasteiger charge is -2.24. The lowest BCUT2D eigenvalue weighted by atomic mass is 10.1. The number of hydrogen-bond donors (Lipinski definition) is 1. The molecule has 0 bridgehead atoms. The fraction of sp³-hybridized carbons (Fsp3) is 0.583. The lowest BCUT2D eigenvalue weighted by Crippen LogP contribution is -2.35. The molecule has 1 unspecified atom stereocenters. The van der Waals surface area contributed by atoms with E-state index in [4.69, 9.17) is 5.11 Å². The van der Waals surface area contributed by atoms with Crippen LogP contribution < -0.4 is 0 Å². The van der Waals surface area contributed by atoms with Crippen LogP contribution in [0.4, 0.5) is 0 Å². The zero-order chi connectivity index (χ0) is 11.4. The van der Waals surface area contributed by atoms with E-state index in [2.05, 4.69) is 0 Å². The molecule has 2 heterocycles. The molecule has 0 aromatic carbocycles. The Kier molecular flexibility index (Phi) is 3.96. The van der Waals surface area contributed by atoms with E-state index in [1.807, 2.05) is 21.7 Å². The van der Waals surface area contributed by atoms with E-state index in [-0.39, 0.29) is 12.5 Å². The predicted octanol–water partition coefficient (Wildman–Crippen LogP) is 2.13. The molecule has 0 saturated carbocycles. The number of aliphatic hydroxyl groups is 1. The van der Waals surface area contributed by atoms with Crippen LogP contribution in [0.2, 0.25) is 0 Å². The number of amides is 1. The summed E-state index contributed by atoms with van der Waals surface area (Å²) in [5.41, 5.74) is 0.806. The molecule has 1 aliphatic heterocycles. The van der Waals surface area contributed by atoms with Gasteiger partial charge >= 0.3 is 0 Å². The molecule has 1 aromatic rings. The molecule has 1 amide bonds. The molecule has 0 spiro atoms. The van der Waals surface area contributed by atoms with Crippen molar-refractivity contribution in [1.29, 1.82) is 0 Å². The molecule has 1 fully saturated rings. The first kappa shape index (κ1) is 11.6. The largest absolute Gasteiger partial charge is 0.396 e. The quantitative estimate of drug-likeness (QED) is 0.874. The molecule has 1 aromatic heterocycles. The van der Waals surface area contributed by atoms with Gasteiger partial charge in [0.05, 0.1) is 5.56 Å². The van der Waals surface area contributed by atoms with Gasteiger partial charge in [0, 0.05) is 24.6 Å². The maximum absolute atomic E-state index is 12.2. The molecular weight excluding hydrogens is 222 g/mol. The third kappa shape index (κ3) is 2.44. The predicted molar refractivity (Wildman–Crippen MR) is 64.7 cm³/mol. The van der Waals surface area contributed by atoms with E-state index in [9.17, 15) is 4.79 Å². The van der Waals surface area contributed by atoms with Crippen molar-refractivity contribution in [3.05, 3.63) is 22.4 Å². The molecular formula is C12H17NO2S. The van der Waals surface area contributed by atoms with Gasteiger partial charge in [-0.3, -0.25) is 4.79 Å². The Morgan fingerprint density at radius 2 is 2.50 bits per heavy atom. The molecule has 2 rings (SSSR count). The van der Waals surface area contributed by atoms with Gasteiger partial charge in [0.15, 0.2) is 0 Å². The van der Waals surface area contributed by atoms with Gasteiger partial charge < -0.3 is 10.0 Å². The van der Waals surface area contributed by atoms with Crippen LogP contribution in [0.25, 0.3) is 0 Å². The van der Waals surface area contributed by atoms with E-state index in [1.165, 1.54) is 0 Å². The highest BCUT2D eigenvalue weighted by molar-refractivity contribution is 7.08. The van der Waals surface area contributed by atoms with E-state index in [0.717, 1.165) is 37.8 Å². The zero-order valence-electron chi connectivity index (χ0n) is 9.26. The van der Waals surface area contributed by atoms with Gasteiger partial charge in [-0.05, 0) is 37.1 Å². The Morgan fingerprint density at radius 3 is 3.19 bits per heavy atom. The summed E-state index contributed by atoms with van der Waals surface area (Å²) in [6.07, 6.45) is 3.88. The summed E-state index contributed by atoms with van der Waals surface area (Å²) in [5, 5.41) is 12.7. The van der Waals surface area contributed by atoms with Gasteiger partial charge in [0.2, 0.25) is 0 Å². The molecule has 16 heavy (non-hydrogen) atoms. The first-order valence-corrected chi connectivity index (χ1v) is 6.71. The van der Waals surface area contributed by atoms with E-state index < -0.39 is 0 Å². The number of aliphatic hydroxyl groups excluding tert-OH is 1. The highest BCUT2D eigenvalue weighted by Crippen LogP contribution is 2.24. The Labute approximate surface area is 99.7 Å². The number of carbonyl (C=O) groups excluding carboxylic acids is 1. The summed E-state index contributed by atoms with van der Waals surface area (Å²) >= 11 is 1.56. The minimum absolute atomic E-state index is 0.154. The molecule has 0 radical (unpaired) electrons. The van der Waals surface area contributed by atoms with Crippen LogP contribution in [0, 0.1) is 0 Å². The summed E-state index contributed by atoms with van der Waals surface area (Å²) in [4.78, 5) is 14.1. The fourth-order valence-corrected chi connectivity index (χ4v) is 2.91. The lowest BCUT2D eigenvalue weighted by molar-refractivity contribution is 0.0725. The highest BCUT2D eigenvalue weighted by atomic mass is 32.1. The van der Waals surface area contributed by atoms with E-state index in [0.29, 0.717) is 6.04 Å². The maximum atomic E-state index is 12.2. The molecule has 1 atom stereocenters. The second kappa shape index (κ2) is 5.46. The second-order valence-electron chi connectivity index (χ2n) is 4.17. The van der Waals surface area contributed by atoms with Gasteiger partial charge in [-0.15, -0.1) is 0 Å². The highest BCUT2D eigenvalue weighted by Gasteiger charge is 2.28. The third-order valence-corrected chi connectivity index (χ3v) is 3.78. The molecule has 4 heteroatoms. The SMILES string of the molecule is O=C(c1ccsc1)N1CCCC1CCCO. The molecule has 1 N–H and O–H groups in total. The standard InChI is InChI=1S/C12H17NO2S/c14-7-2-4-11-3-1-6-13(11)12(15)10-5-8-16-9-10/h5,8-9,11,14H,1-4,6-7H2. The molecule has 0 aliphatic carbocycles. The number of likely N-dealkylation sites (tertiary alicyclic amines) is 1. The van der Waals surface area contributed by atoms with Gasteiger partial charge in [-0.25, -0.2) is 0 Å².